The van der Waals surface area contributed by atoms with Gasteiger partial charge >= 0.3 is 0 Å². The first kappa shape index (κ1) is 16.3. The van der Waals surface area contributed by atoms with Gasteiger partial charge in [-0.3, -0.25) is 4.79 Å². The Kier molecular flexibility index (Phi) is 4.60. The van der Waals surface area contributed by atoms with Gasteiger partial charge in [-0.15, -0.1) is 12.4 Å². The minimum atomic E-state index is 0. The van der Waals surface area contributed by atoms with Crippen LogP contribution in [0.5, 0.6) is 0 Å². The molecule has 2 aromatic rings. The molecule has 23 heavy (non-hydrogen) atoms. The van der Waals surface area contributed by atoms with Gasteiger partial charge in [0.25, 0.3) is 0 Å². The van der Waals surface area contributed by atoms with E-state index in [2.05, 4.69) is 10.3 Å². The Morgan fingerprint density at radius 3 is 2.87 bits per heavy atom. The van der Waals surface area contributed by atoms with Crippen LogP contribution in [0.15, 0.2) is 22.6 Å². The minimum Gasteiger partial charge on any atom is -0.440 e. The van der Waals surface area contributed by atoms with Gasteiger partial charge in [-0.1, -0.05) is 6.42 Å². The fraction of sp³-hybridized carbons (Fsp3) is 0.529. The Balaban J connectivity index is 0.00000156. The number of benzene rings is 1. The van der Waals surface area contributed by atoms with Crippen LogP contribution in [0.3, 0.4) is 0 Å². The number of nitrogens with one attached hydrogen (secondary N) is 1. The van der Waals surface area contributed by atoms with Crippen molar-refractivity contribution in [2.45, 2.75) is 38.0 Å². The number of carbonyl (C=O) groups excluding carboxylic acids is 1. The molecule has 2 atom stereocenters. The molecule has 6 heteroatoms. The molecule has 124 valence electrons. The molecule has 1 aromatic carbocycles. The quantitative estimate of drug-likeness (QED) is 0.896. The first-order valence-corrected chi connectivity index (χ1v) is 8.16. The number of nitrogens with two attached hydrogens (primary N) is 1. The molecule has 2 aliphatic rings. The second-order valence-electron chi connectivity index (χ2n) is 6.53. The molecule has 3 N–H and O–H groups in total. The number of halogens is 1. The zero-order valence-corrected chi connectivity index (χ0v) is 13.8. The largest absolute Gasteiger partial charge is 0.440 e. The summed E-state index contributed by atoms with van der Waals surface area (Å²) in [6, 6.07) is 5.67. The minimum absolute atomic E-state index is 0. The topological polar surface area (TPSA) is 81.2 Å². The van der Waals surface area contributed by atoms with Gasteiger partial charge in [-0.05, 0) is 56.3 Å². The lowest BCUT2D eigenvalue weighted by Gasteiger charge is -2.17. The standard InChI is InChI=1S/C17H21N3O2.ClH/c18-9-11-2-1-3-13(11)16(21)19-12-6-7-15-14(8-12)20-17(22-15)10-4-5-10;/h6-8,10-11,13H,1-5,9,18H2,(H,19,21);1H/t11-,13-;/m1./s1. The number of hydrogen-bond donors (Lipinski definition) is 2. The summed E-state index contributed by atoms with van der Waals surface area (Å²) in [5.41, 5.74) is 8.17. The molecule has 0 saturated heterocycles. The van der Waals surface area contributed by atoms with Gasteiger partial charge in [-0.25, -0.2) is 4.98 Å². The third kappa shape index (κ3) is 3.21. The predicted octanol–water partition coefficient (Wildman–Crippen LogP) is 3.44. The zero-order valence-electron chi connectivity index (χ0n) is 13.0. The molecule has 2 aliphatic carbocycles. The number of fused-ring (bicyclic) bond motifs is 1. The fourth-order valence-corrected chi connectivity index (χ4v) is 3.43. The molecule has 4 rings (SSSR count). The van der Waals surface area contributed by atoms with E-state index in [1.54, 1.807) is 0 Å². The van der Waals surface area contributed by atoms with Crippen LogP contribution in [0.4, 0.5) is 5.69 Å². The van der Waals surface area contributed by atoms with Crippen LogP contribution in [-0.4, -0.2) is 17.4 Å². The first-order valence-electron chi connectivity index (χ1n) is 8.16. The lowest BCUT2D eigenvalue weighted by Crippen LogP contribution is -2.29. The number of hydrogen-bond acceptors (Lipinski definition) is 4. The highest BCUT2D eigenvalue weighted by atomic mass is 35.5. The molecule has 0 bridgehead atoms. The number of nitrogens with zero attached hydrogens (tertiary/aromatic N) is 1. The van der Waals surface area contributed by atoms with Gasteiger partial charge in [0, 0.05) is 17.5 Å². The van der Waals surface area contributed by atoms with Crippen LogP contribution in [0, 0.1) is 11.8 Å². The Morgan fingerprint density at radius 2 is 2.13 bits per heavy atom. The average Bonchev–Trinajstić information content (AvgIpc) is 3.11. The van der Waals surface area contributed by atoms with Gasteiger partial charge in [0.2, 0.25) is 5.91 Å². The van der Waals surface area contributed by atoms with Gasteiger partial charge in [0.15, 0.2) is 11.5 Å². The van der Waals surface area contributed by atoms with E-state index in [1.807, 2.05) is 18.2 Å². The Bertz CT molecular complexity index is 711. The highest BCUT2D eigenvalue weighted by molar-refractivity contribution is 5.94. The van der Waals surface area contributed by atoms with Gasteiger partial charge in [-0.2, -0.15) is 0 Å². The van der Waals surface area contributed by atoms with E-state index in [0.717, 1.165) is 41.9 Å². The number of anilines is 1. The average molecular weight is 336 g/mol. The number of carbonyl (C=O) groups is 1. The van der Waals surface area contributed by atoms with Crippen molar-refractivity contribution >= 4 is 35.1 Å². The van der Waals surface area contributed by atoms with E-state index in [9.17, 15) is 4.79 Å². The Morgan fingerprint density at radius 1 is 1.30 bits per heavy atom. The number of aromatic nitrogens is 1. The summed E-state index contributed by atoms with van der Waals surface area (Å²) in [6.07, 6.45) is 5.41. The van der Waals surface area contributed by atoms with Gasteiger partial charge < -0.3 is 15.5 Å². The second kappa shape index (κ2) is 6.49. The maximum atomic E-state index is 12.4. The van der Waals surface area contributed by atoms with E-state index in [-0.39, 0.29) is 24.2 Å². The van der Waals surface area contributed by atoms with E-state index in [0.29, 0.717) is 18.4 Å². The van der Waals surface area contributed by atoms with Crippen LogP contribution in [-0.2, 0) is 4.79 Å². The first-order chi connectivity index (χ1) is 10.7. The van der Waals surface area contributed by atoms with Crippen molar-refractivity contribution in [2.24, 2.45) is 17.6 Å². The van der Waals surface area contributed by atoms with Crippen LogP contribution >= 0.6 is 12.4 Å². The van der Waals surface area contributed by atoms with Crippen molar-refractivity contribution in [3.05, 3.63) is 24.1 Å². The molecule has 0 spiro atoms. The summed E-state index contributed by atoms with van der Waals surface area (Å²) in [5, 5.41) is 3.02. The molecule has 2 saturated carbocycles. The third-order valence-electron chi connectivity index (χ3n) is 4.90. The number of rotatable bonds is 4. The van der Waals surface area contributed by atoms with E-state index < -0.39 is 0 Å². The van der Waals surface area contributed by atoms with Crippen LogP contribution in [0.25, 0.3) is 11.1 Å². The van der Waals surface area contributed by atoms with E-state index >= 15 is 0 Å². The molecular weight excluding hydrogens is 314 g/mol. The van der Waals surface area contributed by atoms with Crippen molar-refractivity contribution in [2.75, 3.05) is 11.9 Å². The Hall–Kier alpha value is -1.59. The maximum absolute atomic E-state index is 12.4. The highest BCUT2D eigenvalue weighted by Gasteiger charge is 2.32. The summed E-state index contributed by atoms with van der Waals surface area (Å²) < 4.78 is 5.75. The van der Waals surface area contributed by atoms with Crippen molar-refractivity contribution in [3.8, 4) is 0 Å². The summed E-state index contributed by atoms with van der Waals surface area (Å²) in [5.74, 6) is 1.77. The lowest BCUT2D eigenvalue weighted by molar-refractivity contribution is -0.120. The molecule has 1 amide bonds. The van der Waals surface area contributed by atoms with E-state index in [4.69, 9.17) is 10.2 Å². The molecule has 1 heterocycles. The second-order valence-corrected chi connectivity index (χ2v) is 6.53. The lowest BCUT2D eigenvalue weighted by atomic mass is 9.95. The van der Waals surface area contributed by atoms with Crippen molar-refractivity contribution in [1.29, 1.82) is 0 Å². The van der Waals surface area contributed by atoms with Crippen molar-refractivity contribution in [3.63, 3.8) is 0 Å². The molecule has 0 unspecified atom stereocenters. The normalized spacial score (nSPS) is 23.7. The maximum Gasteiger partial charge on any atom is 0.227 e. The summed E-state index contributed by atoms with van der Waals surface area (Å²) in [4.78, 5) is 17.0. The van der Waals surface area contributed by atoms with Gasteiger partial charge in [0.05, 0.1) is 0 Å². The molecular formula is C17H22ClN3O2. The highest BCUT2D eigenvalue weighted by Crippen LogP contribution is 2.40. The monoisotopic (exact) mass is 335 g/mol. The molecule has 5 nitrogen and oxygen atoms in total. The van der Waals surface area contributed by atoms with Crippen molar-refractivity contribution in [1.82, 2.24) is 4.98 Å². The Labute approximate surface area is 141 Å². The summed E-state index contributed by atoms with van der Waals surface area (Å²) in [6.45, 7) is 0.588. The third-order valence-corrected chi connectivity index (χ3v) is 4.90. The zero-order chi connectivity index (χ0) is 15.1. The summed E-state index contributed by atoms with van der Waals surface area (Å²) >= 11 is 0. The molecule has 1 aromatic heterocycles. The SMILES string of the molecule is Cl.NC[C@H]1CCC[C@H]1C(=O)Nc1ccc2oc(C3CC3)nc2c1. The molecule has 2 fully saturated rings. The molecule has 0 radical (unpaired) electrons. The van der Waals surface area contributed by atoms with Crippen LogP contribution in [0.2, 0.25) is 0 Å². The molecule has 0 aliphatic heterocycles. The van der Waals surface area contributed by atoms with Gasteiger partial charge in [0.1, 0.15) is 5.52 Å². The van der Waals surface area contributed by atoms with E-state index in [1.165, 1.54) is 12.8 Å². The number of oxazole rings is 1. The fourth-order valence-electron chi connectivity index (χ4n) is 3.43. The summed E-state index contributed by atoms with van der Waals surface area (Å²) in [7, 11) is 0. The van der Waals surface area contributed by atoms with Crippen molar-refractivity contribution < 1.29 is 9.21 Å². The smallest absolute Gasteiger partial charge is 0.227 e. The van der Waals surface area contributed by atoms with Crippen LogP contribution in [0.1, 0.15) is 43.9 Å². The predicted molar refractivity (Wildman–Crippen MR) is 91.7 cm³/mol. The van der Waals surface area contributed by atoms with Crippen LogP contribution < -0.4 is 11.1 Å². The number of amides is 1.